The van der Waals surface area contributed by atoms with Crippen LogP contribution in [0.5, 0.6) is 5.75 Å². The average Bonchev–Trinajstić information content (AvgIpc) is 2.94. The van der Waals surface area contributed by atoms with Gasteiger partial charge in [-0.2, -0.15) is 0 Å². The summed E-state index contributed by atoms with van der Waals surface area (Å²) in [5.41, 5.74) is 2.65. The van der Waals surface area contributed by atoms with E-state index in [0.717, 1.165) is 25.4 Å². The standard InChI is InChI=1S/C18H29NO2/c1-13-6-7-17(15(10-13)18(2,3)4)21-12-16(19-5)14-8-9-20-11-14/h6-7,10,14,16,19H,8-9,11-12H2,1-5H3. The van der Waals surface area contributed by atoms with Crippen molar-refractivity contribution in [1.82, 2.24) is 5.32 Å². The Bertz CT molecular complexity index is 459. The van der Waals surface area contributed by atoms with Crippen LogP contribution in [0.2, 0.25) is 0 Å². The fraction of sp³-hybridized carbons (Fsp3) is 0.667. The van der Waals surface area contributed by atoms with Gasteiger partial charge in [-0.05, 0) is 37.4 Å². The van der Waals surface area contributed by atoms with Crippen LogP contribution in [0.4, 0.5) is 0 Å². The average molecular weight is 291 g/mol. The van der Waals surface area contributed by atoms with Gasteiger partial charge in [0.25, 0.3) is 0 Å². The molecule has 1 heterocycles. The Morgan fingerprint density at radius 3 is 2.71 bits per heavy atom. The van der Waals surface area contributed by atoms with Gasteiger partial charge in [0, 0.05) is 18.6 Å². The van der Waals surface area contributed by atoms with E-state index in [4.69, 9.17) is 9.47 Å². The molecule has 21 heavy (non-hydrogen) atoms. The Morgan fingerprint density at radius 2 is 2.14 bits per heavy atom. The number of rotatable bonds is 5. The van der Waals surface area contributed by atoms with E-state index >= 15 is 0 Å². The number of hydrogen-bond donors (Lipinski definition) is 1. The summed E-state index contributed by atoms with van der Waals surface area (Å²) in [5, 5.41) is 3.38. The van der Waals surface area contributed by atoms with E-state index < -0.39 is 0 Å². The first-order chi connectivity index (χ1) is 9.91. The number of likely N-dealkylation sites (N-methyl/N-ethyl adjacent to an activating group) is 1. The highest BCUT2D eigenvalue weighted by molar-refractivity contribution is 5.41. The Hall–Kier alpha value is -1.06. The molecule has 0 aromatic heterocycles. The first-order valence-corrected chi connectivity index (χ1v) is 7.90. The monoisotopic (exact) mass is 291 g/mol. The molecule has 118 valence electrons. The van der Waals surface area contributed by atoms with Crippen molar-refractivity contribution in [2.75, 3.05) is 26.9 Å². The highest BCUT2D eigenvalue weighted by Crippen LogP contribution is 2.32. The largest absolute Gasteiger partial charge is 0.492 e. The number of benzene rings is 1. The molecule has 1 N–H and O–H groups in total. The van der Waals surface area contributed by atoms with E-state index in [1.807, 2.05) is 7.05 Å². The van der Waals surface area contributed by atoms with Crippen LogP contribution in [0.15, 0.2) is 18.2 Å². The molecule has 1 aliphatic rings. The van der Waals surface area contributed by atoms with Gasteiger partial charge in [0.05, 0.1) is 6.61 Å². The van der Waals surface area contributed by atoms with E-state index in [-0.39, 0.29) is 5.41 Å². The van der Waals surface area contributed by atoms with Crippen LogP contribution in [-0.4, -0.2) is 32.9 Å². The Labute approximate surface area is 129 Å². The van der Waals surface area contributed by atoms with Gasteiger partial charge in [0.15, 0.2) is 0 Å². The van der Waals surface area contributed by atoms with Crippen molar-refractivity contribution in [3.8, 4) is 5.75 Å². The number of ether oxygens (including phenoxy) is 2. The maximum atomic E-state index is 6.17. The van der Waals surface area contributed by atoms with Gasteiger partial charge in [0.2, 0.25) is 0 Å². The van der Waals surface area contributed by atoms with Crippen molar-refractivity contribution in [3.63, 3.8) is 0 Å². The molecule has 1 fully saturated rings. The molecule has 3 heteroatoms. The van der Waals surface area contributed by atoms with Crippen LogP contribution in [-0.2, 0) is 10.2 Å². The zero-order valence-electron chi connectivity index (χ0n) is 14.0. The molecule has 1 aromatic rings. The molecule has 2 atom stereocenters. The third-order valence-corrected chi connectivity index (χ3v) is 4.27. The smallest absolute Gasteiger partial charge is 0.123 e. The quantitative estimate of drug-likeness (QED) is 0.903. The lowest BCUT2D eigenvalue weighted by Crippen LogP contribution is -2.39. The molecule has 0 amide bonds. The summed E-state index contributed by atoms with van der Waals surface area (Å²) >= 11 is 0. The van der Waals surface area contributed by atoms with E-state index in [1.165, 1.54) is 11.1 Å². The summed E-state index contributed by atoms with van der Waals surface area (Å²) in [7, 11) is 2.01. The Balaban J connectivity index is 2.08. The summed E-state index contributed by atoms with van der Waals surface area (Å²) in [4.78, 5) is 0. The highest BCUT2D eigenvalue weighted by Gasteiger charge is 2.26. The normalized spacial score (nSPS) is 20.5. The molecule has 0 saturated carbocycles. The summed E-state index contributed by atoms with van der Waals surface area (Å²) < 4.78 is 11.7. The molecule has 1 aliphatic heterocycles. The molecular formula is C18H29NO2. The number of nitrogens with one attached hydrogen (secondary N) is 1. The molecule has 1 saturated heterocycles. The van der Waals surface area contributed by atoms with E-state index in [9.17, 15) is 0 Å². The summed E-state index contributed by atoms with van der Waals surface area (Å²) in [5.74, 6) is 1.56. The van der Waals surface area contributed by atoms with Crippen LogP contribution in [0.3, 0.4) is 0 Å². The van der Waals surface area contributed by atoms with Crippen LogP contribution < -0.4 is 10.1 Å². The van der Waals surface area contributed by atoms with Crippen LogP contribution in [0, 0.1) is 12.8 Å². The lowest BCUT2D eigenvalue weighted by molar-refractivity contribution is 0.162. The SMILES string of the molecule is CNC(COc1ccc(C)cc1C(C)(C)C)C1CCOC1. The van der Waals surface area contributed by atoms with Crippen molar-refractivity contribution < 1.29 is 9.47 Å². The fourth-order valence-corrected chi connectivity index (χ4v) is 2.86. The first-order valence-electron chi connectivity index (χ1n) is 7.90. The van der Waals surface area contributed by atoms with Gasteiger partial charge in [-0.25, -0.2) is 0 Å². The lowest BCUT2D eigenvalue weighted by atomic mass is 9.85. The van der Waals surface area contributed by atoms with Gasteiger partial charge < -0.3 is 14.8 Å². The maximum Gasteiger partial charge on any atom is 0.123 e. The molecule has 0 aliphatic carbocycles. The second-order valence-electron chi connectivity index (χ2n) is 7.08. The molecule has 0 radical (unpaired) electrons. The highest BCUT2D eigenvalue weighted by atomic mass is 16.5. The molecule has 0 bridgehead atoms. The van der Waals surface area contributed by atoms with Gasteiger partial charge in [-0.15, -0.1) is 0 Å². The maximum absolute atomic E-state index is 6.17. The predicted molar refractivity (Wildman–Crippen MR) is 87.1 cm³/mol. The molecular weight excluding hydrogens is 262 g/mol. The van der Waals surface area contributed by atoms with Gasteiger partial charge in [-0.3, -0.25) is 0 Å². The van der Waals surface area contributed by atoms with Gasteiger partial charge in [-0.1, -0.05) is 38.5 Å². The topological polar surface area (TPSA) is 30.5 Å². The van der Waals surface area contributed by atoms with E-state index in [2.05, 4.69) is 51.2 Å². The third-order valence-electron chi connectivity index (χ3n) is 4.27. The summed E-state index contributed by atoms with van der Waals surface area (Å²) in [6, 6.07) is 6.81. The van der Waals surface area contributed by atoms with E-state index in [1.54, 1.807) is 0 Å². The third kappa shape index (κ3) is 4.21. The zero-order valence-corrected chi connectivity index (χ0v) is 14.0. The van der Waals surface area contributed by atoms with Crippen LogP contribution in [0.1, 0.15) is 38.3 Å². The second kappa shape index (κ2) is 6.80. The first kappa shape index (κ1) is 16.3. The van der Waals surface area contributed by atoms with Gasteiger partial charge >= 0.3 is 0 Å². The molecule has 0 spiro atoms. The Morgan fingerprint density at radius 1 is 1.38 bits per heavy atom. The molecule has 2 rings (SSSR count). The minimum atomic E-state index is 0.0902. The number of hydrogen-bond acceptors (Lipinski definition) is 3. The molecule has 2 unspecified atom stereocenters. The van der Waals surface area contributed by atoms with Crippen molar-refractivity contribution in [1.29, 1.82) is 0 Å². The molecule has 3 nitrogen and oxygen atoms in total. The molecule has 1 aromatic carbocycles. The minimum absolute atomic E-state index is 0.0902. The van der Waals surface area contributed by atoms with E-state index in [0.29, 0.717) is 18.6 Å². The second-order valence-corrected chi connectivity index (χ2v) is 7.08. The Kier molecular flexibility index (Phi) is 5.28. The fourth-order valence-electron chi connectivity index (χ4n) is 2.86. The van der Waals surface area contributed by atoms with Crippen molar-refractivity contribution in [3.05, 3.63) is 29.3 Å². The van der Waals surface area contributed by atoms with Gasteiger partial charge in [0.1, 0.15) is 12.4 Å². The van der Waals surface area contributed by atoms with Crippen LogP contribution >= 0.6 is 0 Å². The zero-order chi connectivity index (χ0) is 15.5. The van der Waals surface area contributed by atoms with Crippen molar-refractivity contribution in [2.24, 2.45) is 5.92 Å². The van der Waals surface area contributed by atoms with Crippen molar-refractivity contribution in [2.45, 2.75) is 45.6 Å². The summed E-state index contributed by atoms with van der Waals surface area (Å²) in [6.45, 7) is 11.2. The lowest BCUT2D eigenvalue weighted by Gasteiger charge is -2.26. The summed E-state index contributed by atoms with van der Waals surface area (Å²) in [6.07, 6.45) is 1.12. The minimum Gasteiger partial charge on any atom is -0.492 e. The predicted octanol–water partition coefficient (Wildman–Crippen LogP) is 3.30. The number of aryl methyl sites for hydroxylation is 1. The van der Waals surface area contributed by atoms with Crippen LogP contribution in [0.25, 0.3) is 0 Å². The van der Waals surface area contributed by atoms with Crippen molar-refractivity contribution >= 4 is 0 Å².